The number of nitrogens with zero attached hydrogens (tertiary/aromatic N) is 2. The van der Waals surface area contributed by atoms with Gasteiger partial charge in [-0.05, 0) is 31.0 Å². The molecule has 1 aromatic heterocycles. The summed E-state index contributed by atoms with van der Waals surface area (Å²) in [7, 11) is 0. The van der Waals surface area contributed by atoms with E-state index in [2.05, 4.69) is 10.3 Å². The second-order valence-corrected chi connectivity index (χ2v) is 4.28. The van der Waals surface area contributed by atoms with Crippen LogP contribution in [0.3, 0.4) is 0 Å². The molecule has 0 spiro atoms. The summed E-state index contributed by atoms with van der Waals surface area (Å²) in [4.78, 5) is 15.6. The molecule has 86 valence electrons. The summed E-state index contributed by atoms with van der Waals surface area (Å²) in [5, 5.41) is 2.93. The summed E-state index contributed by atoms with van der Waals surface area (Å²) in [5.41, 5.74) is 1.84. The van der Waals surface area contributed by atoms with E-state index in [1.165, 1.54) is 0 Å². The quantitative estimate of drug-likeness (QED) is 0.874. The Kier molecular flexibility index (Phi) is 2.40. The Hall–Kier alpha value is -2.10. The lowest BCUT2D eigenvalue weighted by Gasteiger charge is -2.07. The van der Waals surface area contributed by atoms with E-state index in [-0.39, 0.29) is 11.8 Å². The molecule has 1 amide bonds. The number of amides is 1. The van der Waals surface area contributed by atoms with Gasteiger partial charge in [0.25, 0.3) is 0 Å². The Labute approximate surface area is 99.3 Å². The lowest BCUT2D eigenvalue weighted by Crippen LogP contribution is -2.13. The first-order valence-corrected chi connectivity index (χ1v) is 5.72. The van der Waals surface area contributed by atoms with Crippen LogP contribution in [-0.2, 0) is 4.79 Å². The smallest absolute Gasteiger partial charge is 0.227 e. The summed E-state index contributed by atoms with van der Waals surface area (Å²) in [6, 6.07) is 7.76. The van der Waals surface area contributed by atoms with Crippen molar-refractivity contribution in [1.82, 2.24) is 9.55 Å². The largest absolute Gasteiger partial charge is 0.326 e. The summed E-state index contributed by atoms with van der Waals surface area (Å²) in [6.45, 7) is 0. The van der Waals surface area contributed by atoms with Crippen LogP contribution in [0.5, 0.6) is 0 Å². The Bertz CT molecular complexity index is 529. The van der Waals surface area contributed by atoms with Crippen molar-refractivity contribution in [3.63, 3.8) is 0 Å². The Morgan fingerprint density at radius 2 is 2.29 bits per heavy atom. The molecule has 3 rings (SSSR count). The fraction of sp³-hybridized carbons (Fsp3) is 0.231. The Morgan fingerprint density at radius 1 is 1.41 bits per heavy atom. The van der Waals surface area contributed by atoms with Crippen molar-refractivity contribution in [3.8, 4) is 5.69 Å². The second kappa shape index (κ2) is 4.05. The fourth-order valence-electron chi connectivity index (χ4n) is 1.75. The SMILES string of the molecule is O=C(Nc1cccc(-n2ccnc2)c1)C1CC1. The average Bonchev–Trinajstić information content (AvgIpc) is 3.05. The van der Waals surface area contributed by atoms with Crippen LogP contribution in [0.2, 0.25) is 0 Å². The molecule has 0 aliphatic heterocycles. The number of rotatable bonds is 3. The van der Waals surface area contributed by atoms with E-state index in [1.54, 1.807) is 12.5 Å². The number of anilines is 1. The van der Waals surface area contributed by atoms with E-state index in [9.17, 15) is 4.79 Å². The molecule has 0 bridgehead atoms. The zero-order chi connectivity index (χ0) is 11.7. The maximum Gasteiger partial charge on any atom is 0.227 e. The van der Waals surface area contributed by atoms with Crippen molar-refractivity contribution < 1.29 is 4.79 Å². The van der Waals surface area contributed by atoms with E-state index < -0.39 is 0 Å². The summed E-state index contributed by atoms with van der Waals surface area (Å²) in [5.74, 6) is 0.361. The molecule has 1 N–H and O–H groups in total. The fourth-order valence-corrected chi connectivity index (χ4v) is 1.75. The molecule has 1 aliphatic rings. The third kappa shape index (κ3) is 2.20. The maximum absolute atomic E-state index is 11.6. The van der Waals surface area contributed by atoms with Crippen LogP contribution in [0.1, 0.15) is 12.8 Å². The van der Waals surface area contributed by atoms with Gasteiger partial charge in [-0.25, -0.2) is 4.98 Å². The molecule has 0 atom stereocenters. The molecule has 1 aliphatic carbocycles. The van der Waals surface area contributed by atoms with E-state index in [4.69, 9.17) is 0 Å². The topological polar surface area (TPSA) is 46.9 Å². The standard InChI is InChI=1S/C13H13N3O/c17-13(10-4-5-10)15-11-2-1-3-12(8-11)16-7-6-14-9-16/h1-3,6-10H,4-5H2,(H,15,17). The van der Waals surface area contributed by atoms with Gasteiger partial charge in [0.15, 0.2) is 0 Å². The molecule has 2 aromatic rings. The van der Waals surface area contributed by atoms with Gasteiger partial charge >= 0.3 is 0 Å². The highest BCUT2D eigenvalue weighted by Gasteiger charge is 2.29. The minimum absolute atomic E-state index is 0.132. The van der Waals surface area contributed by atoms with Gasteiger partial charge in [-0.15, -0.1) is 0 Å². The highest BCUT2D eigenvalue weighted by molar-refractivity contribution is 5.94. The minimum atomic E-state index is 0.132. The van der Waals surface area contributed by atoms with Crippen molar-refractivity contribution >= 4 is 11.6 Å². The molecule has 4 heteroatoms. The first-order valence-electron chi connectivity index (χ1n) is 5.72. The summed E-state index contributed by atoms with van der Waals surface area (Å²) < 4.78 is 1.91. The van der Waals surface area contributed by atoms with Crippen LogP contribution in [-0.4, -0.2) is 15.5 Å². The number of carbonyl (C=O) groups excluding carboxylic acids is 1. The zero-order valence-corrected chi connectivity index (χ0v) is 9.34. The number of benzene rings is 1. The first kappa shape index (κ1) is 10.1. The third-order valence-corrected chi connectivity index (χ3v) is 2.86. The summed E-state index contributed by atoms with van der Waals surface area (Å²) in [6.07, 6.45) is 7.39. The van der Waals surface area contributed by atoms with Gasteiger partial charge < -0.3 is 9.88 Å². The van der Waals surface area contributed by atoms with E-state index in [1.807, 2.05) is 35.0 Å². The van der Waals surface area contributed by atoms with E-state index in [0.29, 0.717) is 0 Å². The van der Waals surface area contributed by atoms with Crippen LogP contribution in [0.4, 0.5) is 5.69 Å². The molecule has 1 aromatic carbocycles. The van der Waals surface area contributed by atoms with Gasteiger partial charge in [-0.3, -0.25) is 4.79 Å². The summed E-state index contributed by atoms with van der Waals surface area (Å²) >= 11 is 0. The number of nitrogens with one attached hydrogen (secondary N) is 1. The highest BCUT2D eigenvalue weighted by atomic mass is 16.2. The molecule has 4 nitrogen and oxygen atoms in total. The predicted molar refractivity (Wildman–Crippen MR) is 64.9 cm³/mol. The van der Waals surface area contributed by atoms with Crippen molar-refractivity contribution in [3.05, 3.63) is 43.0 Å². The Morgan fingerprint density at radius 3 is 3.00 bits per heavy atom. The van der Waals surface area contributed by atoms with Crippen LogP contribution >= 0.6 is 0 Å². The van der Waals surface area contributed by atoms with Gasteiger partial charge in [-0.2, -0.15) is 0 Å². The van der Waals surface area contributed by atoms with Gasteiger partial charge in [0.1, 0.15) is 0 Å². The monoisotopic (exact) mass is 227 g/mol. The van der Waals surface area contributed by atoms with Crippen molar-refractivity contribution in [2.75, 3.05) is 5.32 Å². The molecule has 17 heavy (non-hydrogen) atoms. The molecular weight excluding hydrogens is 214 g/mol. The van der Waals surface area contributed by atoms with Crippen LogP contribution < -0.4 is 5.32 Å². The molecule has 1 saturated carbocycles. The van der Waals surface area contributed by atoms with Gasteiger partial charge in [0.2, 0.25) is 5.91 Å². The highest BCUT2D eigenvalue weighted by Crippen LogP contribution is 2.30. The molecule has 0 unspecified atom stereocenters. The van der Waals surface area contributed by atoms with Crippen LogP contribution in [0.15, 0.2) is 43.0 Å². The van der Waals surface area contributed by atoms with Crippen molar-refractivity contribution in [2.24, 2.45) is 5.92 Å². The molecule has 0 radical (unpaired) electrons. The maximum atomic E-state index is 11.6. The lowest BCUT2D eigenvalue weighted by atomic mass is 10.2. The number of carbonyl (C=O) groups is 1. The van der Waals surface area contributed by atoms with Gasteiger partial charge in [-0.1, -0.05) is 6.07 Å². The second-order valence-electron chi connectivity index (χ2n) is 4.28. The molecular formula is C13H13N3O. The number of hydrogen-bond acceptors (Lipinski definition) is 2. The molecule has 1 heterocycles. The molecule has 1 fully saturated rings. The van der Waals surface area contributed by atoms with E-state index in [0.717, 1.165) is 24.2 Å². The first-order chi connectivity index (χ1) is 8.33. The number of imidazole rings is 1. The van der Waals surface area contributed by atoms with E-state index >= 15 is 0 Å². The molecule has 0 saturated heterocycles. The zero-order valence-electron chi connectivity index (χ0n) is 9.34. The van der Waals surface area contributed by atoms with Crippen molar-refractivity contribution in [1.29, 1.82) is 0 Å². The normalized spacial score (nSPS) is 14.6. The van der Waals surface area contributed by atoms with Crippen LogP contribution in [0.25, 0.3) is 5.69 Å². The van der Waals surface area contributed by atoms with Gasteiger partial charge in [0.05, 0.1) is 6.33 Å². The third-order valence-electron chi connectivity index (χ3n) is 2.86. The minimum Gasteiger partial charge on any atom is -0.326 e. The number of hydrogen-bond donors (Lipinski definition) is 1. The number of aromatic nitrogens is 2. The lowest BCUT2D eigenvalue weighted by molar-refractivity contribution is -0.117. The van der Waals surface area contributed by atoms with Crippen molar-refractivity contribution in [2.45, 2.75) is 12.8 Å². The Balaban J connectivity index is 1.81. The van der Waals surface area contributed by atoms with Gasteiger partial charge in [0, 0.05) is 29.7 Å². The average molecular weight is 227 g/mol. The van der Waals surface area contributed by atoms with Crippen LogP contribution in [0, 0.1) is 5.92 Å². The predicted octanol–water partition coefficient (Wildman–Crippen LogP) is 2.22.